The third-order valence-corrected chi connectivity index (χ3v) is 4.36. The summed E-state index contributed by atoms with van der Waals surface area (Å²) < 4.78 is 0. The number of hydrogen-bond acceptors (Lipinski definition) is 4. The van der Waals surface area contributed by atoms with Crippen molar-refractivity contribution >= 4 is 23.0 Å². The van der Waals surface area contributed by atoms with E-state index in [4.69, 9.17) is 22.9 Å². The van der Waals surface area contributed by atoms with Crippen molar-refractivity contribution in [2.75, 3.05) is 24.6 Å². The van der Waals surface area contributed by atoms with Gasteiger partial charge in [0.2, 0.25) is 0 Å². The Morgan fingerprint density at radius 3 is 3.05 bits per heavy atom. The van der Waals surface area contributed by atoms with Crippen LogP contribution in [0.2, 0.25) is 0 Å². The van der Waals surface area contributed by atoms with Crippen molar-refractivity contribution < 1.29 is 5.11 Å². The average molecular weight is 277 g/mol. The van der Waals surface area contributed by atoms with Crippen LogP contribution in [0.1, 0.15) is 29.7 Å². The fourth-order valence-electron chi connectivity index (χ4n) is 3.06. The number of hydrogen-bond donors (Lipinski definition) is 2. The van der Waals surface area contributed by atoms with E-state index in [-0.39, 0.29) is 6.61 Å². The number of thiocarbonyl (C=S) groups is 1. The summed E-state index contributed by atoms with van der Waals surface area (Å²) in [5, 5.41) is 9.27. The van der Waals surface area contributed by atoms with Crippen LogP contribution < -0.4 is 10.6 Å². The predicted molar refractivity (Wildman–Crippen MR) is 79.6 cm³/mol. The molecule has 0 radical (unpaired) electrons. The first-order chi connectivity index (χ1) is 9.19. The van der Waals surface area contributed by atoms with Crippen molar-refractivity contribution in [3.8, 4) is 0 Å². The van der Waals surface area contributed by atoms with E-state index in [2.05, 4.69) is 11.0 Å². The Balaban J connectivity index is 1.98. The highest BCUT2D eigenvalue weighted by Crippen LogP contribution is 2.30. The number of aliphatic hydroxyl groups excluding tert-OH is 1. The molecule has 0 saturated carbocycles. The first-order valence-corrected chi connectivity index (χ1v) is 7.28. The van der Waals surface area contributed by atoms with Gasteiger partial charge in [-0.2, -0.15) is 0 Å². The van der Waals surface area contributed by atoms with Crippen LogP contribution in [0.25, 0.3) is 0 Å². The number of aryl methyl sites for hydroxylation is 2. The van der Waals surface area contributed by atoms with Crippen molar-refractivity contribution in [3.63, 3.8) is 0 Å². The Morgan fingerprint density at radius 2 is 2.37 bits per heavy atom. The molecule has 1 aliphatic heterocycles. The van der Waals surface area contributed by atoms with Gasteiger partial charge in [-0.15, -0.1) is 0 Å². The second-order valence-corrected chi connectivity index (χ2v) is 5.91. The highest BCUT2D eigenvalue weighted by molar-refractivity contribution is 7.80. The molecular weight excluding hydrogens is 258 g/mol. The van der Waals surface area contributed by atoms with Crippen LogP contribution in [0.4, 0.5) is 5.82 Å². The SMILES string of the molecule is NC(=S)c1cc2c(nc1N1CCC(CO)C1)CCC2. The molecule has 1 aromatic rings. The molecule has 1 fully saturated rings. The van der Waals surface area contributed by atoms with Crippen molar-refractivity contribution in [1.82, 2.24) is 4.98 Å². The van der Waals surface area contributed by atoms with Crippen LogP contribution in [0.15, 0.2) is 6.07 Å². The minimum atomic E-state index is 0.240. The highest BCUT2D eigenvalue weighted by Gasteiger charge is 2.27. The van der Waals surface area contributed by atoms with Gasteiger partial charge in [0.15, 0.2) is 0 Å². The minimum Gasteiger partial charge on any atom is -0.396 e. The van der Waals surface area contributed by atoms with Gasteiger partial charge in [0, 0.05) is 31.3 Å². The van der Waals surface area contributed by atoms with Gasteiger partial charge in [-0.05, 0) is 37.3 Å². The number of nitrogens with zero attached hydrogens (tertiary/aromatic N) is 2. The summed E-state index contributed by atoms with van der Waals surface area (Å²) in [6.45, 7) is 2.01. The van der Waals surface area contributed by atoms with Crippen LogP contribution in [0, 0.1) is 5.92 Å². The third kappa shape index (κ3) is 2.32. The van der Waals surface area contributed by atoms with Gasteiger partial charge in [-0.25, -0.2) is 4.98 Å². The molecule has 2 aliphatic rings. The first kappa shape index (κ1) is 12.8. The molecule has 2 heterocycles. The van der Waals surface area contributed by atoms with Gasteiger partial charge in [0.1, 0.15) is 10.8 Å². The molecule has 1 atom stereocenters. The predicted octanol–water partition coefficient (Wildman–Crippen LogP) is 1.02. The molecule has 0 aromatic carbocycles. The Labute approximate surface area is 118 Å². The number of nitrogens with two attached hydrogens (primary N) is 1. The molecule has 1 aliphatic carbocycles. The number of pyridine rings is 1. The molecule has 1 aromatic heterocycles. The van der Waals surface area contributed by atoms with E-state index in [0.29, 0.717) is 10.9 Å². The lowest BCUT2D eigenvalue weighted by Gasteiger charge is -2.21. The number of aliphatic hydroxyl groups is 1. The van der Waals surface area contributed by atoms with Crippen molar-refractivity contribution in [3.05, 3.63) is 22.9 Å². The summed E-state index contributed by atoms with van der Waals surface area (Å²) in [5.41, 5.74) is 9.25. The van der Waals surface area contributed by atoms with Crippen LogP contribution in [-0.4, -0.2) is 34.8 Å². The topological polar surface area (TPSA) is 62.4 Å². The van der Waals surface area contributed by atoms with E-state index >= 15 is 0 Å². The summed E-state index contributed by atoms with van der Waals surface area (Å²) in [6, 6.07) is 2.12. The van der Waals surface area contributed by atoms with Gasteiger partial charge in [-0.3, -0.25) is 0 Å². The van der Waals surface area contributed by atoms with E-state index in [1.54, 1.807) is 0 Å². The molecule has 102 valence electrons. The second kappa shape index (κ2) is 5.06. The number of fused-ring (bicyclic) bond motifs is 1. The van der Waals surface area contributed by atoms with Gasteiger partial charge in [0.25, 0.3) is 0 Å². The molecule has 1 unspecified atom stereocenters. The lowest BCUT2D eigenvalue weighted by atomic mass is 10.1. The third-order valence-electron chi connectivity index (χ3n) is 4.14. The highest BCUT2D eigenvalue weighted by atomic mass is 32.1. The van der Waals surface area contributed by atoms with E-state index in [9.17, 15) is 5.11 Å². The lowest BCUT2D eigenvalue weighted by Crippen LogP contribution is -2.26. The standard InChI is InChI=1S/C14H19N3OS/c15-13(19)11-6-10-2-1-3-12(10)16-14(11)17-5-4-9(7-17)8-18/h6,9,18H,1-5,7-8H2,(H2,15,19). The summed E-state index contributed by atoms with van der Waals surface area (Å²) in [4.78, 5) is 7.44. The summed E-state index contributed by atoms with van der Waals surface area (Å²) >= 11 is 5.18. The molecule has 0 spiro atoms. The van der Waals surface area contributed by atoms with E-state index in [1.165, 1.54) is 17.7 Å². The molecule has 19 heavy (non-hydrogen) atoms. The lowest BCUT2D eigenvalue weighted by molar-refractivity contribution is 0.238. The fourth-order valence-corrected chi connectivity index (χ4v) is 3.21. The number of rotatable bonds is 3. The summed E-state index contributed by atoms with van der Waals surface area (Å²) in [7, 11) is 0. The maximum Gasteiger partial charge on any atom is 0.139 e. The zero-order valence-electron chi connectivity index (χ0n) is 10.9. The fraction of sp³-hybridized carbons (Fsp3) is 0.571. The molecule has 1 saturated heterocycles. The maximum atomic E-state index is 9.27. The molecule has 0 amide bonds. The number of anilines is 1. The minimum absolute atomic E-state index is 0.240. The van der Waals surface area contributed by atoms with Gasteiger partial charge >= 0.3 is 0 Å². The average Bonchev–Trinajstić information content (AvgIpc) is 3.05. The van der Waals surface area contributed by atoms with Gasteiger partial charge in [0.05, 0.1) is 5.56 Å². The maximum absolute atomic E-state index is 9.27. The van der Waals surface area contributed by atoms with Crippen LogP contribution in [-0.2, 0) is 12.8 Å². The Hall–Kier alpha value is -1.20. The molecule has 3 N–H and O–H groups in total. The quantitative estimate of drug-likeness (QED) is 0.808. The van der Waals surface area contributed by atoms with E-state index in [0.717, 1.165) is 43.7 Å². The largest absolute Gasteiger partial charge is 0.396 e. The van der Waals surface area contributed by atoms with Crippen molar-refractivity contribution in [2.45, 2.75) is 25.7 Å². The van der Waals surface area contributed by atoms with Crippen LogP contribution in [0.5, 0.6) is 0 Å². The van der Waals surface area contributed by atoms with Crippen LogP contribution in [0.3, 0.4) is 0 Å². The van der Waals surface area contributed by atoms with E-state index in [1.807, 2.05) is 0 Å². The first-order valence-electron chi connectivity index (χ1n) is 6.87. The smallest absolute Gasteiger partial charge is 0.139 e. The van der Waals surface area contributed by atoms with Gasteiger partial charge < -0.3 is 15.7 Å². The zero-order valence-corrected chi connectivity index (χ0v) is 11.7. The Kier molecular flexibility index (Phi) is 3.41. The molecule has 3 rings (SSSR count). The van der Waals surface area contributed by atoms with Crippen molar-refractivity contribution in [2.24, 2.45) is 11.7 Å². The molecule has 4 nitrogen and oxygen atoms in total. The molecular formula is C14H19N3OS. The molecule has 0 bridgehead atoms. The summed E-state index contributed by atoms with van der Waals surface area (Å²) in [6.07, 6.45) is 4.31. The summed E-state index contributed by atoms with van der Waals surface area (Å²) in [5.74, 6) is 1.26. The zero-order chi connectivity index (χ0) is 13.4. The second-order valence-electron chi connectivity index (χ2n) is 5.47. The Morgan fingerprint density at radius 1 is 1.53 bits per heavy atom. The number of aromatic nitrogens is 1. The molecule has 5 heteroatoms. The normalized spacial score (nSPS) is 21.7. The van der Waals surface area contributed by atoms with E-state index < -0.39 is 0 Å². The van der Waals surface area contributed by atoms with Crippen molar-refractivity contribution in [1.29, 1.82) is 0 Å². The van der Waals surface area contributed by atoms with Crippen LogP contribution >= 0.6 is 12.2 Å². The monoisotopic (exact) mass is 277 g/mol. The Bertz CT molecular complexity index is 518. The van der Waals surface area contributed by atoms with Gasteiger partial charge in [-0.1, -0.05) is 12.2 Å².